The summed E-state index contributed by atoms with van der Waals surface area (Å²) in [4.78, 5) is 14.7. The smallest absolute Gasteiger partial charge is 0.225 e. The summed E-state index contributed by atoms with van der Waals surface area (Å²) in [5, 5.41) is 12.8. The lowest BCUT2D eigenvalue weighted by atomic mass is 10.2. The van der Waals surface area contributed by atoms with Gasteiger partial charge in [-0.25, -0.2) is 0 Å². The number of nitrogens with one attached hydrogen (secondary N) is 1. The fourth-order valence-corrected chi connectivity index (χ4v) is 4.67. The second-order valence-electron chi connectivity index (χ2n) is 8.01. The van der Waals surface area contributed by atoms with Crippen molar-refractivity contribution >= 4 is 29.0 Å². The van der Waals surface area contributed by atoms with E-state index in [0.29, 0.717) is 24.1 Å². The first kappa shape index (κ1) is 18.9. The molecule has 154 valence electrons. The molecule has 2 aliphatic carbocycles. The molecule has 3 fully saturated rings. The van der Waals surface area contributed by atoms with Crippen molar-refractivity contribution in [2.24, 2.45) is 0 Å². The molecule has 0 radical (unpaired) electrons. The van der Waals surface area contributed by atoms with Crippen molar-refractivity contribution in [2.75, 3.05) is 42.3 Å². The largest absolute Gasteiger partial charge is 0.378 e. The number of nitrogens with zero attached hydrogens (tertiary/aromatic N) is 4. The molecule has 3 aliphatic rings. The molecule has 1 aromatic heterocycles. The SMILES string of the molecule is O=C(CCSc1nnc(C2CC2)n1C1CC1)Nc1ccc(N2CCOCC2)cc1. The third-order valence-electron chi connectivity index (χ3n) is 5.63. The van der Waals surface area contributed by atoms with E-state index >= 15 is 0 Å². The van der Waals surface area contributed by atoms with Crippen LogP contribution < -0.4 is 10.2 Å². The van der Waals surface area contributed by atoms with Crippen LogP contribution in [0.2, 0.25) is 0 Å². The lowest BCUT2D eigenvalue weighted by Gasteiger charge is -2.28. The molecule has 0 atom stereocenters. The summed E-state index contributed by atoms with van der Waals surface area (Å²) >= 11 is 1.65. The second-order valence-corrected chi connectivity index (χ2v) is 9.07. The maximum absolute atomic E-state index is 12.3. The Labute approximate surface area is 175 Å². The van der Waals surface area contributed by atoms with Gasteiger partial charge in [0.2, 0.25) is 5.91 Å². The van der Waals surface area contributed by atoms with Gasteiger partial charge in [0, 0.05) is 48.6 Å². The number of carbonyl (C=O) groups excluding carboxylic acids is 1. The molecule has 2 saturated carbocycles. The fraction of sp³-hybridized carbons (Fsp3) is 0.571. The van der Waals surface area contributed by atoms with Crippen LogP contribution in [0.3, 0.4) is 0 Å². The molecule has 2 aromatic rings. The first-order valence-corrected chi connectivity index (χ1v) is 11.6. The highest BCUT2D eigenvalue weighted by atomic mass is 32.2. The quantitative estimate of drug-likeness (QED) is 0.669. The zero-order valence-electron chi connectivity index (χ0n) is 16.5. The van der Waals surface area contributed by atoms with E-state index in [9.17, 15) is 4.79 Å². The van der Waals surface area contributed by atoms with Crippen LogP contribution in [-0.2, 0) is 9.53 Å². The molecule has 1 amide bonds. The van der Waals surface area contributed by atoms with E-state index in [-0.39, 0.29) is 5.91 Å². The minimum atomic E-state index is 0.0385. The molecule has 1 aliphatic heterocycles. The van der Waals surface area contributed by atoms with Crippen LogP contribution in [0.4, 0.5) is 11.4 Å². The Bertz CT molecular complexity index is 854. The number of ether oxygens (including phenoxy) is 1. The Hall–Kier alpha value is -2.06. The van der Waals surface area contributed by atoms with E-state index < -0.39 is 0 Å². The number of benzene rings is 1. The lowest BCUT2D eigenvalue weighted by molar-refractivity contribution is -0.115. The van der Waals surface area contributed by atoms with Crippen molar-refractivity contribution in [3.63, 3.8) is 0 Å². The maximum atomic E-state index is 12.3. The standard InChI is InChI=1S/C21H27N5O2S/c27-19(22-16-3-5-17(6-4-16)25-10-12-28-13-11-25)9-14-29-21-24-23-20(15-1-2-15)26(21)18-7-8-18/h3-6,15,18H,1-2,7-14H2,(H,22,27). The summed E-state index contributed by atoms with van der Waals surface area (Å²) in [5.74, 6) is 2.53. The lowest BCUT2D eigenvalue weighted by Crippen LogP contribution is -2.36. The number of hydrogen-bond acceptors (Lipinski definition) is 6. The van der Waals surface area contributed by atoms with E-state index in [1.54, 1.807) is 11.8 Å². The molecule has 2 heterocycles. The summed E-state index contributed by atoms with van der Waals surface area (Å²) < 4.78 is 7.73. The molecule has 0 bridgehead atoms. The van der Waals surface area contributed by atoms with Crippen LogP contribution in [0.15, 0.2) is 29.4 Å². The van der Waals surface area contributed by atoms with E-state index in [0.717, 1.165) is 37.1 Å². The zero-order chi connectivity index (χ0) is 19.6. The van der Waals surface area contributed by atoms with Crippen LogP contribution >= 0.6 is 11.8 Å². The van der Waals surface area contributed by atoms with Crippen molar-refractivity contribution in [1.82, 2.24) is 14.8 Å². The van der Waals surface area contributed by atoms with Crippen LogP contribution in [-0.4, -0.2) is 52.7 Å². The Balaban J connectivity index is 1.11. The Kier molecular flexibility index (Phi) is 5.46. The number of anilines is 2. The molecule has 5 rings (SSSR count). The molecule has 29 heavy (non-hydrogen) atoms. The van der Waals surface area contributed by atoms with Gasteiger partial charge in [-0.05, 0) is 49.9 Å². The first-order chi connectivity index (χ1) is 14.3. The summed E-state index contributed by atoms with van der Waals surface area (Å²) in [7, 11) is 0. The zero-order valence-corrected chi connectivity index (χ0v) is 17.4. The molecule has 1 N–H and O–H groups in total. The van der Waals surface area contributed by atoms with Gasteiger partial charge in [-0.3, -0.25) is 4.79 Å². The number of carbonyl (C=O) groups is 1. The first-order valence-electron chi connectivity index (χ1n) is 10.6. The number of amides is 1. The van der Waals surface area contributed by atoms with Gasteiger partial charge in [0.1, 0.15) is 5.82 Å². The molecule has 1 saturated heterocycles. The van der Waals surface area contributed by atoms with Crippen molar-refractivity contribution < 1.29 is 9.53 Å². The minimum Gasteiger partial charge on any atom is -0.378 e. The summed E-state index contributed by atoms with van der Waals surface area (Å²) in [6, 6.07) is 8.66. The van der Waals surface area contributed by atoms with E-state index in [1.165, 1.54) is 37.2 Å². The third-order valence-corrected chi connectivity index (χ3v) is 6.58. The van der Waals surface area contributed by atoms with Gasteiger partial charge in [-0.1, -0.05) is 11.8 Å². The van der Waals surface area contributed by atoms with Gasteiger partial charge in [-0.15, -0.1) is 10.2 Å². The predicted octanol–water partition coefficient (Wildman–Crippen LogP) is 3.45. The van der Waals surface area contributed by atoms with Crippen LogP contribution in [0.5, 0.6) is 0 Å². The highest BCUT2D eigenvalue weighted by molar-refractivity contribution is 7.99. The molecular formula is C21H27N5O2S. The minimum absolute atomic E-state index is 0.0385. The van der Waals surface area contributed by atoms with Gasteiger partial charge in [0.25, 0.3) is 0 Å². The van der Waals surface area contributed by atoms with Crippen molar-refractivity contribution in [2.45, 2.75) is 49.2 Å². The molecule has 7 nitrogen and oxygen atoms in total. The molecule has 0 unspecified atom stereocenters. The van der Waals surface area contributed by atoms with Gasteiger partial charge in [-0.2, -0.15) is 0 Å². The van der Waals surface area contributed by atoms with Crippen molar-refractivity contribution in [3.05, 3.63) is 30.1 Å². The van der Waals surface area contributed by atoms with Gasteiger partial charge < -0.3 is 19.5 Å². The predicted molar refractivity (Wildman–Crippen MR) is 114 cm³/mol. The van der Waals surface area contributed by atoms with Crippen LogP contribution in [0, 0.1) is 0 Å². The molecule has 0 spiro atoms. The Morgan fingerprint density at radius 2 is 1.86 bits per heavy atom. The topological polar surface area (TPSA) is 72.3 Å². The number of thioether (sulfide) groups is 1. The summed E-state index contributed by atoms with van der Waals surface area (Å²) in [6.07, 6.45) is 5.40. The molecule has 1 aromatic carbocycles. The Morgan fingerprint density at radius 3 is 2.55 bits per heavy atom. The van der Waals surface area contributed by atoms with E-state index in [2.05, 4.69) is 37.1 Å². The third kappa shape index (κ3) is 4.59. The number of aromatic nitrogens is 3. The number of rotatable bonds is 8. The van der Waals surface area contributed by atoms with Gasteiger partial charge >= 0.3 is 0 Å². The Morgan fingerprint density at radius 1 is 1.10 bits per heavy atom. The average molecular weight is 414 g/mol. The van der Waals surface area contributed by atoms with Crippen molar-refractivity contribution in [1.29, 1.82) is 0 Å². The fourth-order valence-electron chi connectivity index (χ4n) is 3.72. The van der Waals surface area contributed by atoms with Crippen LogP contribution in [0.1, 0.15) is 49.9 Å². The van der Waals surface area contributed by atoms with Gasteiger partial charge in [0.05, 0.1) is 13.2 Å². The highest BCUT2D eigenvalue weighted by Crippen LogP contribution is 2.46. The second kappa shape index (κ2) is 8.36. The van der Waals surface area contributed by atoms with E-state index in [4.69, 9.17) is 4.74 Å². The monoisotopic (exact) mass is 413 g/mol. The normalized spacial score (nSPS) is 19.4. The average Bonchev–Trinajstić information content (AvgIpc) is 3.68. The van der Waals surface area contributed by atoms with Gasteiger partial charge in [0.15, 0.2) is 5.16 Å². The van der Waals surface area contributed by atoms with Crippen molar-refractivity contribution in [3.8, 4) is 0 Å². The molecule has 8 heteroatoms. The number of morpholine rings is 1. The highest BCUT2D eigenvalue weighted by Gasteiger charge is 2.36. The number of hydrogen-bond donors (Lipinski definition) is 1. The summed E-state index contributed by atoms with van der Waals surface area (Å²) in [6.45, 7) is 3.37. The molecular weight excluding hydrogens is 386 g/mol. The van der Waals surface area contributed by atoms with Crippen LogP contribution in [0.25, 0.3) is 0 Å². The maximum Gasteiger partial charge on any atom is 0.225 e. The summed E-state index contributed by atoms with van der Waals surface area (Å²) in [5.41, 5.74) is 2.02. The van der Waals surface area contributed by atoms with E-state index in [1.807, 2.05) is 12.1 Å².